The number of aliphatic imine (C=N–C) groups is 1. The molecule has 0 aliphatic heterocycles. The van der Waals surface area contributed by atoms with Crippen molar-refractivity contribution in [3.63, 3.8) is 0 Å². The van der Waals surface area contributed by atoms with Crippen molar-refractivity contribution in [2.75, 3.05) is 6.54 Å². The highest BCUT2D eigenvalue weighted by Crippen LogP contribution is 2.32. The van der Waals surface area contributed by atoms with Crippen LogP contribution in [0.2, 0.25) is 0 Å². The average Bonchev–Trinajstić information content (AvgIpc) is 2.34. The van der Waals surface area contributed by atoms with E-state index in [0.29, 0.717) is 18.5 Å². The van der Waals surface area contributed by atoms with E-state index in [-0.39, 0.29) is 18.1 Å². The van der Waals surface area contributed by atoms with Crippen LogP contribution < -0.4 is 11.1 Å². The number of hydrogen-bond acceptors (Lipinski definition) is 1. The molecule has 0 spiro atoms. The number of rotatable bonds is 4. The number of guanidine groups is 1. The summed E-state index contributed by atoms with van der Waals surface area (Å²) in [4.78, 5) is 3.89. The molecule has 0 saturated heterocycles. The predicted octanol–water partition coefficient (Wildman–Crippen LogP) is 3.05. The van der Waals surface area contributed by atoms with Gasteiger partial charge in [0, 0.05) is 6.54 Å². The summed E-state index contributed by atoms with van der Waals surface area (Å²) in [6, 6.07) is 2.54. The van der Waals surface area contributed by atoms with E-state index in [2.05, 4.69) is 10.3 Å². The predicted molar refractivity (Wildman–Crippen MR) is 72.1 cm³/mol. The molecule has 0 amide bonds. The van der Waals surface area contributed by atoms with Crippen LogP contribution in [0.5, 0.6) is 0 Å². The van der Waals surface area contributed by atoms with Crippen LogP contribution >= 0.6 is 0 Å². The SMILES string of the molecule is NC(=NCc1ccc(F)cc1C(F)(F)F)NCC1CCC1. The van der Waals surface area contributed by atoms with Gasteiger partial charge in [-0.05, 0) is 36.5 Å². The van der Waals surface area contributed by atoms with Crippen molar-refractivity contribution in [1.82, 2.24) is 5.32 Å². The van der Waals surface area contributed by atoms with E-state index in [1.54, 1.807) is 0 Å². The van der Waals surface area contributed by atoms with Gasteiger partial charge in [-0.2, -0.15) is 13.2 Å². The first-order valence-electron chi connectivity index (χ1n) is 6.75. The molecular formula is C14H17F4N3. The van der Waals surface area contributed by atoms with Crippen LogP contribution in [0, 0.1) is 11.7 Å². The minimum Gasteiger partial charge on any atom is -0.370 e. The minimum atomic E-state index is -4.61. The smallest absolute Gasteiger partial charge is 0.370 e. The Kier molecular flexibility index (Phi) is 4.69. The van der Waals surface area contributed by atoms with E-state index in [9.17, 15) is 17.6 Å². The molecule has 1 aromatic carbocycles. The molecule has 116 valence electrons. The summed E-state index contributed by atoms with van der Waals surface area (Å²) in [6.45, 7) is 0.448. The number of alkyl halides is 3. The van der Waals surface area contributed by atoms with E-state index in [4.69, 9.17) is 5.73 Å². The highest BCUT2D eigenvalue weighted by atomic mass is 19.4. The molecule has 7 heteroatoms. The molecular weight excluding hydrogens is 286 g/mol. The molecule has 0 atom stereocenters. The molecule has 0 radical (unpaired) electrons. The lowest BCUT2D eigenvalue weighted by Crippen LogP contribution is -2.37. The summed E-state index contributed by atoms with van der Waals surface area (Å²) in [6.07, 6.45) is -1.14. The van der Waals surface area contributed by atoms with Crippen molar-refractivity contribution in [2.45, 2.75) is 32.0 Å². The van der Waals surface area contributed by atoms with Gasteiger partial charge < -0.3 is 11.1 Å². The van der Waals surface area contributed by atoms with Crippen LogP contribution in [0.3, 0.4) is 0 Å². The van der Waals surface area contributed by atoms with Gasteiger partial charge in [0.25, 0.3) is 0 Å². The second-order valence-electron chi connectivity index (χ2n) is 5.18. The molecule has 0 heterocycles. The van der Waals surface area contributed by atoms with Crippen molar-refractivity contribution in [3.05, 3.63) is 35.1 Å². The molecule has 0 aromatic heterocycles. The van der Waals surface area contributed by atoms with Crippen molar-refractivity contribution < 1.29 is 17.6 Å². The zero-order valence-electron chi connectivity index (χ0n) is 11.4. The molecule has 2 rings (SSSR count). The maximum absolute atomic E-state index is 13.0. The second kappa shape index (κ2) is 6.32. The van der Waals surface area contributed by atoms with E-state index in [1.807, 2.05) is 0 Å². The number of hydrogen-bond donors (Lipinski definition) is 2. The molecule has 3 nitrogen and oxygen atoms in total. The summed E-state index contributed by atoms with van der Waals surface area (Å²) in [5, 5.41) is 2.90. The van der Waals surface area contributed by atoms with Crippen molar-refractivity contribution >= 4 is 5.96 Å². The third-order valence-electron chi connectivity index (χ3n) is 3.59. The Hall–Kier alpha value is -1.79. The first-order valence-corrected chi connectivity index (χ1v) is 6.75. The van der Waals surface area contributed by atoms with Gasteiger partial charge in [0.05, 0.1) is 12.1 Å². The fraction of sp³-hybridized carbons (Fsp3) is 0.500. The van der Waals surface area contributed by atoms with Crippen LogP contribution in [0.25, 0.3) is 0 Å². The molecule has 1 aliphatic carbocycles. The van der Waals surface area contributed by atoms with Crippen LogP contribution in [0.15, 0.2) is 23.2 Å². The average molecular weight is 303 g/mol. The number of benzene rings is 1. The second-order valence-corrected chi connectivity index (χ2v) is 5.18. The van der Waals surface area contributed by atoms with Crippen molar-refractivity contribution in [2.24, 2.45) is 16.6 Å². The lowest BCUT2D eigenvalue weighted by atomic mass is 9.85. The Balaban J connectivity index is 2.01. The van der Waals surface area contributed by atoms with E-state index in [1.165, 1.54) is 6.42 Å². The Bertz CT molecular complexity index is 521. The standard InChI is InChI=1S/C14H17F4N3/c15-11-5-4-10(12(6-11)14(16,17)18)8-21-13(19)20-7-9-2-1-3-9/h4-6,9H,1-3,7-8H2,(H3,19,20,21). The summed E-state index contributed by atoms with van der Waals surface area (Å²) < 4.78 is 51.4. The molecule has 1 aromatic rings. The number of nitrogens with two attached hydrogens (primary N) is 1. The number of nitrogens with one attached hydrogen (secondary N) is 1. The summed E-state index contributed by atoms with van der Waals surface area (Å²) in [7, 11) is 0. The number of halogens is 4. The number of nitrogens with zero attached hydrogens (tertiary/aromatic N) is 1. The van der Waals surface area contributed by atoms with Crippen LogP contribution in [0.4, 0.5) is 17.6 Å². The van der Waals surface area contributed by atoms with E-state index < -0.39 is 17.6 Å². The summed E-state index contributed by atoms with van der Waals surface area (Å²) in [5.41, 5.74) is 4.51. The fourth-order valence-corrected chi connectivity index (χ4v) is 2.12. The third-order valence-corrected chi connectivity index (χ3v) is 3.59. The maximum Gasteiger partial charge on any atom is 0.416 e. The van der Waals surface area contributed by atoms with Crippen molar-refractivity contribution in [3.8, 4) is 0 Å². The van der Waals surface area contributed by atoms with Gasteiger partial charge >= 0.3 is 6.18 Å². The maximum atomic E-state index is 13.0. The van der Waals surface area contributed by atoms with E-state index in [0.717, 1.165) is 25.0 Å². The molecule has 21 heavy (non-hydrogen) atoms. The molecule has 1 saturated carbocycles. The molecule has 0 unspecified atom stereocenters. The zero-order chi connectivity index (χ0) is 15.5. The lowest BCUT2D eigenvalue weighted by Gasteiger charge is -2.25. The van der Waals surface area contributed by atoms with Crippen LogP contribution in [-0.4, -0.2) is 12.5 Å². The largest absolute Gasteiger partial charge is 0.416 e. The van der Waals surface area contributed by atoms with E-state index >= 15 is 0 Å². The highest BCUT2D eigenvalue weighted by Gasteiger charge is 2.33. The Labute approximate surface area is 120 Å². The first-order chi connectivity index (χ1) is 9.86. The van der Waals surface area contributed by atoms with Gasteiger partial charge in [-0.25, -0.2) is 9.38 Å². The van der Waals surface area contributed by atoms with Crippen LogP contribution in [-0.2, 0) is 12.7 Å². The normalized spacial score (nSPS) is 16.7. The molecule has 1 aliphatic rings. The van der Waals surface area contributed by atoms with Gasteiger partial charge in [0.15, 0.2) is 5.96 Å². The summed E-state index contributed by atoms with van der Waals surface area (Å²) in [5.74, 6) is -0.249. The Morgan fingerprint density at radius 1 is 1.33 bits per heavy atom. The fourth-order valence-electron chi connectivity index (χ4n) is 2.12. The lowest BCUT2D eigenvalue weighted by molar-refractivity contribution is -0.138. The first kappa shape index (κ1) is 15.6. The quantitative estimate of drug-likeness (QED) is 0.510. The zero-order valence-corrected chi connectivity index (χ0v) is 11.4. The Morgan fingerprint density at radius 2 is 2.05 bits per heavy atom. The molecule has 1 fully saturated rings. The van der Waals surface area contributed by atoms with Gasteiger partial charge in [-0.15, -0.1) is 0 Å². The van der Waals surface area contributed by atoms with Gasteiger partial charge in [0.2, 0.25) is 0 Å². The van der Waals surface area contributed by atoms with Crippen LogP contribution in [0.1, 0.15) is 30.4 Å². The summed E-state index contributed by atoms with van der Waals surface area (Å²) >= 11 is 0. The van der Waals surface area contributed by atoms with Gasteiger partial charge in [-0.3, -0.25) is 0 Å². The molecule has 3 N–H and O–H groups in total. The van der Waals surface area contributed by atoms with Crippen molar-refractivity contribution in [1.29, 1.82) is 0 Å². The monoisotopic (exact) mass is 303 g/mol. The molecule has 0 bridgehead atoms. The van der Waals surface area contributed by atoms with Gasteiger partial charge in [0.1, 0.15) is 5.82 Å². The third kappa shape index (κ3) is 4.34. The Morgan fingerprint density at radius 3 is 2.62 bits per heavy atom. The topological polar surface area (TPSA) is 50.4 Å². The van der Waals surface area contributed by atoms with Gasteiger partial charge in [-0.1, -0.05) is 12.5 Å². The highest BCUT2D eigenvalue weighted by molar-refractivity contribution is 5.77. The minimum absolute atomic E-state index is 0.0997.